The van der Waals surface area contributed by atoms with E-state index in [0.717, 1.165) is 0 Å². The van der Waals surface area contributed by atoms with E-state index in [2.05, 4.69) is 9.72 Å². The molecule has 1 aromatic heterocycles. The van der Waals surface area contributed by atoms with Gasteiger partial charge in [-0.05, 0) is 0 Å². The van der Waals surface area contributed by atoms with Crippen LogP contribution >= 0.6 is 0 Å². The molecule has 0 atom stereocenters. The monoisotopic (exact) mass is 233 g/mol. The van der Waals surface area contributed by atoms with E-state index in [0.29, 0.717) is 12.1 Å². The van der Waals surface area contributed by atoms with Crippen molar-refractivity contribution in [3.05, 3.63) is 27.9 Å². The number of nitro groups is 1. The normalized spacial score (nSPS) is 10.6. The van der Waals surface area contributed by atoms with Gasteiger partial charge in [-0.2, -0.15) is 10.2 Å². The summed E-state index contributed by atoms with van der Waals surface area (Å²) in [5, 5.41) is 18.8. The maximum atomic E-state index is 11.8. The van der Waals surface area contributed by atoms with E-state index in [-0.39, 0.29) is 0 Å². The van der Waals surface area contributed by atoms with E-state index in [1.54, 1.807) is 0 Å². The van der Waals surface area contributed by atoms with Gasteiger partial charge in [0.05, 0.1) is 4.92 Å². The second kappa shape index (κ2) is 4.01. The predicted octanol–water partition coefficient (Wildman–Crippen LogP) is 1.76. The van der Waals surface area contributed by atoms with Crippen molar-refractivity contribution >= 4 is 5.69 Å². The number of ether oxygens (including phenoxy) is 1. The molecule has 0 spiro atoms. The number of hydrogen-bond acceptors (Lipinski definition) is 5. The zero-order chi connectivity index (χ0) is 12.3. The molecular weight excluding hydrogens is 231 g/mol. The van der Waals surface area contributed by atoms with Crippen LogP contribution in [0.3, 0.4) is 0 Å². The Kier molecular flexibility index (Phi) is 2.94. The lowest BCUT2D eigenvalue weighted by molar-refractivity contribution is -0.385. The number of pyridine rings is 1. The van der Waals surface area contributed by atoms with Gasteiger partial charge in [-0.25, -0.2) is 0 Å². The highest BCUT2D eigenvalue weighted by molar-refractivity contribution is 5.45. The summed E-state index contributed by atoms with van der Waals surface area (Å²) in [6.45, 7) is 0. The van der Waals surface area contributed by atoms with Gasteiger partial charge in [0.25, 0.3) is 0 Å². The lowest BCUT2D eigenvalue weighted by Crippen LogP contribution is -2.18. The molecule has 0 aliphatic heterocycles. The minimum atomic E-state index is -4.96. The predicted molar refractivity (Wildman–Crippen MR) is 42.3 cm³/mol. The van der Waals surface area contributed by atoms with Gasteiger partial charge in [0.15, 0.2) is 0 Å². The number of halogens is 3. The first-order valence-electron chi connectivity index (χ1n) is 3.65. The van der Waals surface area contributed by atoms with Crippen LogP contribution in [-0.2, 0) is 0 Å². The van der Waals surface area contributed by atoms with Crippen molar-refractivity contribution in [3.8, 4) is 11.9 Å². The van der Waals surface area contributed by atoms with Gasteiger partial charge in [-0.1, -0.05) is 0 Å². The standard InChI is InChI=1S/C7H2F3N3O3/c8-7(9,10)16-6-2-1-5(13(14)15)4(3-11)12-6/h1-2H. The first kappa shape index (κ1) is 11.7. The fraction of sp³-hybridized carbons (Fsp3) is 0.143. The van der Waals surface area contributed by atoms with Gasteiger partial charge in [0, 0.05) is 12.1 Å². The molecule has 0 aliphatic rings. The summed E-state index contributed by atoms with van der Waals surface area (Å²) >= 11 is 0. The molecule has 0 fully saturated rings. The van der Waals surface area contributed by atoms with Gasteiger partial charge in [0.1, 0.15) is 6.07 Å². The molecule has 0 aromatic carbocycles. The molecule has 1 aromatic rings. The molecule has 0 saturated carbocycles. The minimum absolute atomic E-state index is 0.659. The zero-order valence-electron chi connectivity index (χ0n) is 7.35. The maximum Gasteiger partial charge on any atom is 0.574 e. The van der Waals surface area contributed by atoms with Gasteiger partial charge >= 0.3 is 12.0 Å². The topological polar surface area (TPSA) is 89.0 Å². The fourth-order valence-corrected chi connectivity index (χ4v) is 0.839. The third kappa shape index (κ3) is 2.81. The Balaban J connectivity index is 3.11. The van der Waals surface area contributed by atoms with Crippen LogP contribution < -0.4 is 4.74 Å². The summed E-state index contributed by atoms with van der Waals surface area (Å²) in [7, 11) is 0. The molecule has 1 heterocycles. The summed E-state index contributed by atoms with van der Waals surface area (Å²) in [6, 6.07) is 2.68. The Morgan fingerprint density at radius 2 is 2.12 bits per heavy atom. The number of nitriles is 1. The van der Waals surface area contributed by atoms with E-state index in [1.807, 2.05) is 0 Å². The van der Waals surface area contributed by atoms with E-state index < -0.39 is 28.5 Å². The number of alkyl halides is 3. The van der Waals surface area contributed by atoms with E-state index >= 15 is 0 Å². The summed E-state index contributed by atoms with van der Waals surface area (Å²) < 4.78 is 38.7. The first-order valence-corrected chi connectivity index (χ1v) is 3.65. The van der Waals surface area contributed by atoms with Crippen LogP contribution in [0.5, 0.6) is 5.88 Å². The van der Waals surface area contributed by atoms with Gasteiger partial charge < -0.3 is 4.74 Å². The molecule has 6 nitrogen and oxygen atoms in total. The number of aromatic nitrogens is 1. The third-order valence-corrected chi connectivity index (χ3v) is 1.37. The van der Waals surface area contributed by atoms with Crippen molar-refractivity contribution in [2.45, 2.75) is 6.36 Å². The molecule has 0 aliphatic carbocycles. The number of hydrogen-bond donors (Lipinski definition) is 0. The van der Waals surface area contributed by atoms with Crippen molar-refractivity contribution in [2.24, 2.45) is 0 Å². The van der Waals surface area contributed by atoms with Crippen LogP contribution in [0, 0.1) is 21.4 Å². The molecule has 0 N–H and O–H groups in total. The lowest BCUT2D eigenvalue weighted by Gasteiger charge is -2.07. The second-order valence-electron chi connectivity index (χ2n) is 2.43. The zero-order valence-corrected chi connectivity index (χ0v) is 7.35. The highest BCUT2D eigenvalue weighted by atomic mass is 19.4. The smallest absolute Gasteiger partial charge is 0.388 e. The van der Waals surface area contributed by atoms with Gasteiger partial charge in [0.2, 0.25) is 11.6 Å². The molecule has 84 valence electrons. The molecule has 1 rings (SSSR count). The highest BCUT2D eigenvalue weighted by Crippen LogP contribution is 2.24. The number of nitrogens with zero attached hydrogens (tertiary/aromatic N) is 3. The molecule has 9 heteroatoms. The Morgan fingerprint density at radius 1 is 1.50 bits per heavy atom. The Morgan fingerprint density at radius 3 is 2.56 bits per heavy atom. The minimum Gasteiger partial charge on any atom is -0.388 e. The van der Waals surface area contributed by atoms with Crippen molar-refractivity contribution in [1.82, 2.24) is 4.98 Å². The summed E-state index contributed by atoms with van der Waals surface area (Å²) in [5.74, 6) is -0.922. The lowest BCUT2D eigenvalue weighted by atomic mass is 10.3. The van der Waals surface area contributed by atoms with Crippen molar-refractivity contribution in [3.63, 3.8) is 0 Å². The quantitative estimate of drug-likeness (QED) is 0.573. The molecule has 0 radical (unpaired) electrons. The SMILES string of the molecule is N#Cc1nc(OC(F)(F)F)ccc1[N+](=O)[O-]. The van der Waals surface area contributed by atoms with Crippen LogP contribution in [0.15, 0.2) is 12.1 Å². The number of rotatable bonds is 2. The van der Waals surface area contributed by atoms with E-state index in [4.69, 9.17) is 5.26 Å². The summed E-state index contributed by atoms with van der Waals surface area (Å²) in [4.78, 5) is 12.5. The largest absolute Gasteiger partial charge is 0.574 e. The van der Waals surface area contributed by atoms with Crippen molar-refractivity contribution < 1.29 is 22.8 Å². The van der Waals surface area contributed by atoms with E-state index in [1.165, 1.54) is 6.07 Å². The Labute approximate surface area is 86.0 Å². The molecule has 16 heavy (non-hydrogen) atoms. The van der Waals surface area contributed by atoms with Crippen molar-refractivity contribution in [2.75, 3.05) is 0 Å². The van der Waals surface area contributed by atoms with Crippen LogP contribution in [-0.4, -0.2) is 16.3 Å². The van der Waals surface area contributed by atoms with Gasteiger partial charge in [-0.15, -0.1) is 13.2 Å². The van der Waals surface area contributed by atoms with Crippen LogP contribution in [0.2, 0.25) is 0 Å². The highest BCUT2D eigenvalue weighted by Gasteiger charge is 2.32. The maximum absolute atomic E-state index is 11.8. The first-order chi connectivity index (χ1) is 7.33. The summed E-state index contributed by atoms with van der Waals surface area (Å²) in [6.07, 6.45) is -4.96. The second-order valence-corrected chi connectivity index (χ2v) is 2.43. The average molecular weight is 233 g/mol. The van der Waals surface area contributed by atoms with Crippen LogP contribution in [0.25, 0.3) is 0 Å². The van der Waals surface area contributed by atoms with Crippen molar-refractivity contribution in [1.29, 1.82) is 5.26 Å². The Hall–Kier alpha value is -2.37. The average Bonchev–Trinajstić information content (AvgIpc) is 2.14. The molecule has 0 saturated heterocycles. The molecule has 0 amide bonds. The fourth-order valence-electron chi connectivity index (χ4n) is 0.839. The van der Waals surface area contributed by atoms with E-state index in [9.17, 15) is 23.3 Å². The third-order valence-electron chi connectivity index (χ3n) is 1.37. The van der Waals surface area contributed by atoms with Crippen LogP contribution in [0.4, 0.5) is 18.9 Å². The Bertz CT molecular complexity index is 466. The van der Waals surface area contributed by atoms with Crippen LogP contribution in [0.1, 0.15) is 5.69 Å². The van der Waals surface area contributed by atoms with Gasteiger partial charge in [-0.3, -0.25) is 10.1 Å². The summed E-state index contributed by atoms with van der Waals surface area (Å²) in [5.41, 5.74) is -1.43. The molecule has 0 bridgehead atoms. The molecular formula is C7H2F3N3O3. The molecule has 0 unspecified atom stereocenters.